The van der Waals surface area contributed by atoms with Gasteiger partial charge in [-0.1, -0.05) is 50.6 Å². The molecule has 0 aliphatic rings. The lowest BCUT2D eigenvalue weighted by molar-refractivity contribution is 0.342. The highest BCUT2D eigenvalue weighted by molar-refractivity contribution is 5.26. The molecule has 0 bridgehead atoms. The van der Waals surface area contributed by atoms with E-state index >= 15 is 0 Å². The summed E-state index contributed by atoms with van der Waals surface area (Å²) in [7, 11) is 0. The van der Waals surface area contributed by atoms with E-state index in [0.29, 0.717) is 5.92 Å². The molecule has 4 nitrogen and oxygen atoms in total. The van der Waals surface area contributed by atoms with Gasteiger partial charge in [0.05, 0.1) is 6.04 Å². The fraction of sp³-hybridized carbons (Fsp3) is 0.375. The lowest BCUT2D eigenvalue weighted by atomic mass is 9.78. The fourth-order valence-corrected chi connectivity index (χ4v) is 2.66. The van der Waals surface area contributed by atoms with Crippen LogP contribution in [0.5, 0.6) is 0 Å². The predicted octanol–water partition coefficient (Wildman–Crippen LogP) is 2.81. The average molecular weight is 270 g/mol. The van der Waals surface area contributed by atoms with Crippen molar-refractivity contribution in [3.05, 3.63) is 60.2 Å². The summed E-state index contributed by atoms with van der Waals surface area (Å²) in [6.45, 7) is 4.46. The van der Waals surface area contributed by atoms with Gasteiger partial charge in [0.1, 0.15) is 6.33 Å². The van der Waals surface area contributed by atoms with E-state index in [4.69, 9.17) is 5.84 Å². The Balaban J connectivity index is 2.39. The van der Waals surface area contributed by atoms with Crippen molar-refractivity contribution < 1.29 is 0 Å². The fourth-order valence-electron chi connectivity index (χ4n) is 2.66. The summed E-state index contributed by atoms with van der Waals surface area (Å²) in [5, 5.41) is 0. The summed E-state index contributed by atoms with van der Waals surface area (Å²) in [5.74, 6) is 6.62. The molecule has 2 rings (SSSR count). The molecule has 3 unspecified atom stereocenters. The minimum absolute atomic E-state index is 0.00792. The van der Waals surface area contributed by atoms with Gasteiger partial charge in [-0.05, 0) is 11.5 Å². The number of rotatable bonds is 6. The van der Waals surface area contributed by atoms with Gasteiger partial charge in [0, 0.05) is 23.9 Å². The number of hydrazine groups is 1. The van der Waals surface area contributed by atoms with Crippen molar-refractivity contribution in [2.24, 2.45) is 11.8 Å². The van der Waals surface area contributed by atoms with Crippen molar-refractivity contribution in [2.75, 3.05) is 0 Å². The molecule has 3 N–H and O–H groups in total. The Bertz CT molecular complexity index is 500. The summed E-state index contributed by atoms with van der Waals surface area (Å²) in [6, 6.07) is 10.5. The number of nitrogens with zero attached hydrogens (tertiary/aromatic N) is 2. The monoisotopic (exact) mass is 270 g/mol. The number of aromatic nitrogens is 2. The minimum atomic E-state index is 0.00792. The molecule has 1 heterocycles. The average Bonchev–Trinajstić information content (AvgIpc) is 2.53. The smallest absolute Gasteiger partial charge is 0.115 e. The van der Waals surface area contributed by atoms with E-state index in [9.17, 15) is 0 Å². The van der Waals surface area contributed by atoms with Crippen LogP contribution in [0.15, 0.2) is 49.1 Å². The summed E-state index contributed by atoms with van der Waals surface area (Å²) in [5.41, 5.74) is 5.26. The first-order valence-electron chi connectivity index (χ1n) is 7.03. The van der Waals surface area contributed by atoms with Crippen LogP contribution in [-0.2, 0) is 0 Å². The topological polar surface area (TPSA) is 63.8 Å². The van der Waals surface area contributed by atoms with Crippen LogP contribution >= 0.6 is 0 Å². The maximum absolute atomic E-state index is 5.83. The summed E-state index contributed by atoms with van der Waals surface area (Å²) >= 11 is 0. The van der Waals surface area contributed by atoms with Gasteiger partial charge in [-0.25, -0.2) is 9.97 Å². The van der Waals surface area contributed by atoms with Gasteiger partial charge in [0.15, 0.2) is 0 Å². The molecule has 2 aromatic rings. The van der Waals surface area contributed by atoms with Crippen LogP contribution in [0.1, 0.15) is 43.4 Å². The molecule has 1 aromatic heterocycles. The first-order valence-corrected chi connectivity index (χ1v) is 7.03. The number of hydrogen-bond donors (Lipinski definition) is 2. The molecule has 0 saturated heterocycles. The van der Waals surface area contributed by atoms with Crippen LogP contribution in [0.3, 0.4) is 0 Å². The Kier molecular flexibility index (Phi) is 5.21. The summed E-state index contributed by atoms with van der Waals surface area (Å²) in [6.07, 6.45) is 6.29. The van der Waals surface area contributed by atoms with E-state index in [-0.39, 0.29) is 12.0 Å². The first kappa shape index (κ1) is 14.6. The Labute approximate surface area is 120 Å². The lowest BCUT2D eigenvalue weighted by Gasteiger charge is -2.31. The third-order valence-corrected chi connectivity index (χ3v) is 3.92. The number of hydrogen-bond acceptors (Lipinski definition) is 4. The number of benzene rings is 1. The quantitative estimate of drug-likeness (QED) is 0.626. The third-order valence-electron chi connectivity index (χ3n) is 3.92. The zero-order valence-electron chi connectivity index (χ0n) is 12.0. The molecular formula is C16H22N4. The molecule has 0 aliphatic carbocycles. The maximum Gasteiger partial charge on any atom is 0.115 e. The molecule has 0 aliphatic heterocycles. The molecule has 3 atom stereocenters. The van der Waals surface area contributed by atoms with E-state index in [1.54, 1.807) is 0 Å². The molecule has 4 heteroatoms. The van der Waals surface area contributed by atoms with Gasteiger partial charge in [-0.2, -0.15) is 0 Å². The second-order valence-electron chi connectivity index (χ2n) is 5.14. The van der Waals surface area contributed by atoms with Crippen LogP contribution in [0, 0.1) is 5.92 Å². The molecule has 20 heavy (non-hydrogen) atoms. The largest absolute Gasteiger partial charge is 0.271 e. The van der Waals surface area contributed by atoms with Gasteiger partial charge >= 0.3 is 0 Å². The molecule has 0 saturated carbocycles. The highest BCUT2D eigenvalue weighted by Gasteiger charge is 2.28. The van der Waals surface area contributed by atoms with E-state index < -0.39 is 0 Å². The zero-order chi connectivity index (χ0) is 14.4. The number of nitrogens with one attached hydrogen (secondary N) is 1. The summed E-state index contributed by atoms with van der Waals surface area (Å²) < 4.78 is 0. The third kappa shape index (κ3) is 3.21. The molecule has 0 fully saturated rings. The van der Waals surface area contributed by atoms with Crippen LogP contribution < -0.4 is 11.3 Å². The predicted molar refractivity (Wildman–Crippen MR) is 80.7 cm³/mol. The van der Waals surface area contributed by atoms with E-state index in [2.05, 4.69) is 53.5 Å². The molecule has 0 spiro atoms. The molecular weight excluding hydrogens is 248 g/mol. The van der Waals surface area contributed by atoms with Gasteiger partial charge in [0.2, 0.25) is 0 Å². The normalized spacial score (nSPS) is 15.6. The van der Waals surface area contributed by atoms with Gasteiger partial charge in [-0.15, -0.1) is 0 Å². The molecule has 0 radical (unpaired) electrons. The van der Waals surface area contributed by atoms with Gasteiger partial charge in [0.25, 0.3) is 0 Å². The van der Waals surface area contributed by atoms with Crippen molar-refractivity contribution in [3.8, 4) is 0 Å². The Hall–Kier alpha value is -1.78. The van der Waals surface area contributed by atoms with Crippen LogP contribution in [0.4, 0.5) is 0 Å². The molecule has 0 amide bonds. The van der Waals surface area contributed by atoms with Crippen LogP contribution in [-0.4, -0.2) is 9.97 Å². The van der Waals surface area contributed by atoms with Crippen molar-refractivity contribution in [3.63, 3.8) is 0 Å². The summed E-state index contributed by atoms with van der Waals surface area (Å²) in [4.78, 5) is 8.22. The Morgan fingerprint density at radius 2 is 1.75 bits per heavy atom. The van der Waals surface area contributed by atoms with Gasteiger partial charge in [-0.3, -0.25) is 11.3 Å². The number of nitrogens with two attached hydrogens (primary N) is 1. The molecule has 106 valence electrons. The highest BCUT2D eigenvalue weighted by Crippen LogP contribution is 2.37. The maximum atomic E-state index is 5.83. The van der Waals surface area contributed by atoms with Crippen molar-refractivity contribution in [1.82, 2.24) is 15.4 Å². The second-order valence-corrected chi connectivity index (χ2v) is 5.14. The van der Waals surface area contributed by atoms with E-state index in [1.807, 2.05) is 18.5 Å². The zero-order valence-corrected chi connectivity index (χ0v) is 12.0. The van der Waals surface area contributed by atoms with Crippen LogP contribution in [0.25, 0.3) is 0 Å². The minimum Gasteiger partial charge on any atom is -0.271 e. The van der Waals surface area contributed by atoms with Gasteiger partial charge < -0.3 is 0 Å². The second kappa shape index (κ2) is 7.12. The SMILES string of the molecule is CCC(C)C(c1ccccc1)C(NN)c1cncnc1. The lowest BCUT2D eigenvalue weighted by Crippen LogP contribution is -2.35. The highest BCUT2D eigenvalue weighted by atomic mass is 15.2. The van der Waals surface area contributed by atoms with E-state index in [1.165, 1.54) is 11.9 Å². The first-order chi connectivity index (χ1) is 9.77. The molecule has 1 aromatic carbocycles. The van der Waals surface area contributed by atoms with Crippen LogP contribution in [0.2, 0.25) is 0 Å². The van der Waals surface area contributed by atoms with Crippen molar-refractivity contribution in [1.29, 1.82) is 0 Å². The van der Waals surface area contributed by atoms with Crippen molar-refractivity contribution >= 4 is 0 Å². The van der Waals surface area contributed by atoms with Crippen molar-refractivity contribution in [2.45, 2.75) is 32.2 Å². The van der Waals surface area contributed by atoms with E-state index in [0.717, 1.165) is 12.0 Å². The standard InChI is InChI=1S/C16H22N4/c1-3-12(2)15(13-7-5-4-6-8-13)16(20-17)14-9-18-11-19-10-14/h4-12,15-16,20H,3,17H2,1-2H3. The Morgan fingerprint density at radius 3 is 2.30 bits per heavy atom. The Morgan fingerprint density at radius 1 is 1.10 bits per heavy atom.